The highest BCUT2D eigenvalue weighted by atomic mass is 32.2. The van der Waals surface area contributed by atoms with Crippen LogP contribution in [0.15, 0.2) is 68.7 Å². The van der Waals surface area contributed by atoms with Gasteiger partial charge < -0.3 is 24.1 Å². The van der Waals surface area contributed by atoms with E-state index in [-0.39, 0.29) is 17.9 Å². The molecule has 3 aromatic rings. The molecule has 8 heteroatoms. The molecule has 0 saturated carbocycles. The van der Waals surface area contributed by atoms with Gasteiger partial charge >= 0.3 is 5.97 Å². The van der Waals surface area contributed by atoms with Crippen LogP contribution in [0.25, 0.3) is 0 Å². The summed E-state index contributed by atoms with van der Waals surface area (Å²) in [6.07, 6.45) is -0.152. The highest BCUT2D eigenvalue weighted by Gasteiger charge is 2.26. The summed E-state index contributed by atoms with van der Waals surface area (Å²) < 4.78 is 16.0. The number of methoxy groups -OCH3 is 2. The number of benzene rings is 2. The van der Waals surface area contributed by atoms with Gasteiger partial charge in [-0.05, 0) is 29.8 Å². The van der Waals surface area contributed by atoms with Crippen molar-refractivity contribution in [2.24, 2.45) is 0 Å². The minimum absolute atomic E-state index is 0.0285. The number of aromatic hydroxyl groups is 2. The van der Waals surface area contributed by atoms with Crippen molar-refractivity contribution < 1.29 is 28.9 Å². The zero-order chi connectivity index (χ0) is 22.4. The molecule has 7 nitrogen and oxygen atoms in total. The molecule has 162 valence electrons. The second-order valence-corrected chi connectivity index (χ2v) is 7.67. The predicted molar refractivity (Wildman–Crippen MR) is 116 cm³/mol. The number of carbonyl (C=O) groups excluding carboxylic acids is 1. The van der Waals surface area contributed by atoms with Gasteiger partial charge in [0.25, 0.3) is 0 Å². The van der Waals surface area contributed by atoms with Crippen molar-refractivity contribution in [3.05, 3.63) is 81.9 Å². The van der Waals surface area contributed by atoms with Crippen molar-refractivity contribution in [1.29, 1.82) is 0 Å². The summed E-state index contributed by atoms with van der Waals surface area (Å²) in [5.41, 5.74) is -0.0262. The lowest BCUT2D eigenvalue weighted by Crippen LogP contribution is -2.14. The number of phenols is 1. The Bertz CT molecular complexity index is 1110. The minimum atomic E-state index is -0.767. The summed E-state index contributed by atoms with van der Waals surface area (Å²) in [5.74, 6) is -0.501. The van der Waals surface area contributed by atoms with Crippen LogP contribution >= 0.6 is 11.8 Å². The minimum Gasteiger partial charge on any atom is -0.508 e. The molecule has 0 aliphatic carbocycles. The molecule has 0 unspecified atom stereocenters. The number of rotatable bonds is 8. The monoisotopic (exact) mass is 442 g/mol. The van der Waals surface area contributed by atoms with Crippen molar-refractivity contribution in [2.75, 3.05) is 14.2 Å². The molecule has 0 bridgehead atoms. The number of hydrogen-bond acceptors (Lipinski definition) is 8. The summed E-state index contributed by atoms with van der Waals surface area (Å²) in [5, 5.41) is 20.0. The molecular weight excluding hydrogens is 420 g/mol. The maximum Gasteiger partial charge on any atom is 0.306 e. The molecule has 2 aromatic carbocycles. The molecule has 0 saturated heterocycles. The molecule has 0 fully saturated rings. The van der Waals surface area contributed by atoms with E-state index in [9.17, 15) is 19.8 Å². The van der Waals surface area contributed by atoms with Gasteiger partial charge in [0.05, 0.1) is 32.3 Å². The Kier molecular flexibility index (Phi) is 7.25. The van der Waals surface area contributed by atoms with Gasteiger partial charge in [0.15, 0.2) is 5.76 Å². The fourth-order valence-electron chi connectivity index (χ4n) is 3.07. The van der Waals surface area contributed by atoms with E-state index in [1.54, 1.807) is 19.2 Å². The van der Waals surface area contributed by atoms with Crippen LogP contribution in [-0.4, -0.2) is 30.4 Å². The van der Waals surface area contributed by atoms with E-state index >= 15 is 0 Å². The number of phenolic OH excluding ortho intramolecular Hbond substituents is 1. The first-order valence-electron chi connectivity index (χ1n) is 9.40. The van der Waals surface area contributed by atoms with E-state index in [4.69, 9.17) is 13.9 Å². The Hall–Kier alpha value is -3.39. The van der Waals surface area contributed by atoms with Gasteiger partial charge in [-0.25, -0.2) is 0 Å². The second kappa shape index (κ2) is 10.1. The molecule has 0 spiro atoms. The first kappa shape index (κ1) is 22.3. The highest BCUT2D eigenvalue weighted by Crippen LogP contribution is 2.36. The van der Waals surface area contributed by atoms with Crippen LogP contribution in [0.5, 0.6) is 17.2 Å². The van der Waals surface area contributed by atoms with E-state index in [0.29, 0.717) is 22.8 Å². The van der Waals surface area contributed by atoms with Crippen LogP contribution in [0.1, 0.15) is 29.4 Å². The number of esters is 1. The van der Waals surface area contributed by atoms with Crippen molar-refractivity contribution in [1.82, 2.24) is 0 Å². The van der Waals surface area contributed by atoms with Crippen LogP contribution in [0.4, 0.5) is 0 Å². The van der Waals surface area contributed by atoms with Crippen LogP contribution in [0, 0.1) is 0 Å². The first-order valence-corrected chi connectivity index (χ1v) is 10.4. The van der Waals surface area contributed by atoms with Gasteiger partial charge in [-0.2, -0.15) is 0 Å². The van der Waals surface area contributed by atoms with Crippen molar-refractivity contribution in [2.45, 2.75) is 23.0 Å². The molecule has 1 atom stereocenters. The van der Waals surface area contributed by atoms with Gasteiger partial charge in [-0.3, -0.25) is 9.59 Å². The zero-order valence-electron chi connectivity index (χ0n) is 17.0. The SMILES string of the molecule is COC(=O)C[C@@H](c1ccc(O)cc1)c1oc(CSc2ccccc2OC)cc(=O)c1O. The van der Waals surface area contributed by atoms with Gasteiger partial charge in [0.1, 0.15) is 17.3 Å². The van der Waals surface area contributed by atoms with Gasteiger partial charge in [0, 0.05) is 11.0 Å². The summed E-state index contributed by atoms with van der Waals surface area (Å²) in [6, 6.07) is 14.8. The summed E-state index contributed by atoms with van der Waals surface area (Å²) in [7, 11) is 2.83. The normalized spacial score (nSPS) is 11.7. The predicted octanol–water partition coefficient (Wildman–Crippen LogP) is 4.05. The van der Waals surface area contributed by atoms with E-state index in [2.05, 4.69) is 0 Å². The van der Waals surface area contributed by atoms with Crippen molar-refractivity contribution in [3.8, 4) is 17.2 Å². The fourth-order valence-corrected chi connectivity index (χ4v) is 3.98. The van der Waals surface area contributed by atoms with Crippen LogP contribution in [0.3, 0.4) is 0 Å². The van der Waals surface area contributed by atoms with Crippen molar-refractivity contribution >= 4 is 17.7 Å². The zero-order valence-corrected chi connectivity index (χ0v) is 17.8. The Morgan fingerprint density at radius 2 is 1.81 bits per heavy atom. The molecule has 0 radical (unpaired) electrons. The molecule has 3 rings (SSSR count). The number of thioether (sulfide) groups is 1. The summed E-state index contributed by atoms with van der Waals surface area (Å²) >= 11 is 1.41. The smallest absolute Gasteiger partial charge is 0.306 e. The van der Waals surface area contributed by atoms with Gasteiger partial charge in [0.2, 0.25) is 11.2 Å². The third kappa shape index (κ3) is 5.40. The van der Waals surface area contributed by atoms with Crippen LogP contribution in [0.2, 0.25) is 0 Å². The third-order valence-electron chi connectivity index (χ3n) is 4.65. The average Bonchev–Trinajstić information content (AvgIpc) is 2.79. The number of ether oxygens (including phenoxy) is 2. The standard InChI is InChI=1S/C23H22O7S/c1-28-19-5-3-4-6-20(19)31-13-16-11-18(25)22(27)23(30-16)17(12-21(26)29-2)14-7-9-15(24)10-8-14/h3-11,17,24,27H,12-13H2,1-2H3/t17-/m0/s1. The lowest BCUT2D eigenvalue weighted by atomic mass is 9.92. The van der Waals surface area contributed by atoms with E-state index in [1.165, 1.54) is 37.1 Å². The Balaban J connectivity index is 1.97. The molecule has 1 heterocycles. The van der Waals surface area contributed by atoms with Crippen molar-refractivity contribution in [3.63, 3.8) is 0 Å². The molecule has 0 aliphatic rings. The topological polar surface area (TPSA) is 106 Å². The average molecular weight is 442 g/mol. The van der Waals surface area contributed by atoms with Gasteiger partial charge in [-0.15, -0.1) is 11.8 Å². The van der Waals surface area contributed by atoms with E-state index < -0.39 is 23.1 Å². The van der Waals surface area contributed by atoms with E-state index in [0.717, 1.165) is 4.90 Å². The molecule has 2 N–H and O–H groups in total. The maximum absolute atomic E-state index is 12.4. The highest BCUT2D eigenvalue weighted by molar-refractivity contribution is 7.98. The summed E-state index contributed by atoms with van der Waals surface area (Å²) in [6.45, 7) is 0. The number of para-hydroxylation sites is 1. The second-order valence-electron chi connectivity index (χ2n) is 6.65. The lowest BCUT2D eigenvalue weighted by Gasteiger charge is -2.17. The number of hydrogen-bond donors (Lipinski definition) is 2. The van der Waals surface area contributed by atoms with E-state index in [1.807, 2.05) is 24.3 Å². The molecule has 31 heavy (non-hydrogen) atoms. The van der Waals surface area contributed by atoms with Crippen LogP contribution in [-0.2, 0) is 15.3 Å². The molecule has 0 amide bonds. The molecule has 0 aliphatic heterocycles. The summed E-state index contributed by atoms with van der Waals surface area (Å²) in [4.78, 5) is 25.3. The molecule has 1 aromatic heterocycles. The quantitative estimate of drug-likeness (QED) is 0.398. The Morgan fingerprint density at radius 3 is 2.48 bits per heavy atom. The molecular formula is C23H22O7S. The third-order valence-corrected chi connectivity index (χ3v) is 5.73. The van der Waals surface area contributed by atoms with Crippen LogP contribution < -0.4 is 10.2 Å². The Morgan fingerprint density at radius 1 is 1.10 bits per heavy atom. The number of carbonyl (C=O) groups is 1. The first-order chi connectivity index (χ1) is 14.9. The Labute approximate surface area is 183 Å². The van der Waals surface area contributed by atoms with Gasteiger partial charge in [-0.1, -0.05) is 24.3 Å². The largest absolute Gasteiger partial charge is 0.508 e. The fraction of sp³-hybridized carbons (Fsp3) is 0.217. The maximum atomic E-state index is 12.4. The lowest BCUT2D eigenvalue weighted by molar-refractivity contribution is -0.140.